The van der Waals surface area contributed by atoms with Gasteiger partial charge in [0.1, 0.15) is 16.8 Å². The fourth-order valence-electron chi connectivity index (χ4n) is 2.70. The average molecular weight is 281 g/mol. The zero-order valence-electron chi connectivity index (χ0n) is 10.6. The van der Waals surface area contributed by atoms with Gasteiger partial charge in [0, 0.05) is 18.0 Å². The van der Waals surface area contributed by atoms with Crippen LogP contribution >= 0.6 is 11.6 Å². The maximum Gasteiger partial charge on any atom is 0.222 e. The van der Waals surface area contributed by atoms with Crippen LogP contribution in [0.1, 0.15) is 43.8 Å². The Morgan fingerprint density at radius 2 is 2.11 bits per heavy atom. The van der Waals surface area contributed by atoms with Crippen molar-refractivity contribution in [2.24, 2.45) is 11.7 Å². The van der Waals surface area contributed by atoms with Crippen LogP contribution in [0.15, 0.2) is 6.07 Å². The van der Waals surface area contributed by atoms with Crippen molar-refractivity contribution in [1.29, 1.82) is 0 Å². The summed E-state index contributed by atoms with van der Waals surface area (Å²) < 4.78 is 0. The van der Waals surface area contributed by atoms with Crippen LogP contribution in [0.3, 0.4) is 0 Å². The fourth-order valence-corrected chi connectivity index (χ4v) is 2.89. The summed E-state index contributed by atoms with van der Waals surface area (Å²) in [7, 11) is 0. The predicted molar refractivity (Wildman–Crippen MR) is 73.0 cm³/mol. The Kier molecular flexibility index (Phi) is 3.31. The normalized spacial score (nSPS) is 26.4. The summed E-state index contributed by atoms with van der Waals surface area (Å²) in [6.45, 7) is 0. The highest BCUT2D eigenvalue weighted by Gasteiger charge is 2.32. The van der Waals surface area contributed by atoms with E-state index >= 15 is 0 Å². The van der Waals surface area contributed by atoms with Crippen molar-refractivity contribution >= 4 is 23.3 Å². The van der Waals surface area contributed by atoms with Crippen LogP contribution in [0.2, 0.25) is 5.15 Å². The van der Waals surface area contributed by atoms with Gasteiger partial charge in [-0.1, -0.05) is 18.0 Å². The van der Waals surface area contributed by atoms with Crippen LogP contribution in [0.4, 0.5) is 5.82 Å². The van der Waals surface area contributed by atoms with E-state index in [4.69, 9.17) is 17.3 Å². The van der Waals surface area contributed by atoms with Crippen molar-refractivity contribution in [3.8, 4) is 0 Å². The van der Waals surface area contributed by atoms with E-state index in [1.165, 1.54) is 0 Å². The molecule has 0 radical (unpaired) electrons. The molecule has 1 amide bonds. The van der Waals surface area contributed by atoms with Gasteiger partial charge in [-0.05, 0) is 25.7 Å². The fraction of sp³-hybridized carbons (Fsp3) is 0.615. The second-order valence-electron chi connectivity index (χ2n) is 5.40. The molecule has 1 heterocycles. The summed E-state index contributed by atoms with van der Waals surface area (Å²) >= 11 is 6.02. The molecule has 0 aromatic carbocycles. The third-order valence-electron chi connectivity index (χ3n) is 3.87. The van der Waals surface area contributed by atoms with Gasteiger partial charge in [0.05, 0.1) is 5.92 Å². The minimum Gasteiger partial charge on any atom is -0.369 e. The van der Waals surface area contributed by atoms with Crippen LogP contribution in [0.5, 0.6) is 0 Å². The molecular weight excluding hydrogens is 264 g/mol. The summed E-state index contributed by atoms with van der Waals surface area (Å²) in [5, 5.41) is 3.75. The van der Waals surface area contributed by atoms with Gasteiger partial charge in [-0.25, -0.2) is 9.97 Å². The summed E-state index contributed by atoms with van der Waals surface area (Å²) in [5.74, 6) is 1.62. The molecule has 2 aliphatic carbocycles. The first-order chi connectivity index (χ1) is 9.13. The smallest absolute Gasteiger partial charge is 0.222 e. The van der Waals surface area contributed by atoms with E-state index in [-0.39, 0.29) is 17.9 Å². The van der Waals surface area contributed by atoms with Gasteiger partial charge in [-0.3, -0.25) is 4.79 Å². The number of anilines is 1. The van der Waals surface area contributed by atoms with Crippen molar-refractivity contribution < 1.29 is 4.79 Å². The van der Waals surface area contributed by atoms with E-state index in [9.17, 15) is 4.79 Å². The topological polar surface area (TPSA) is 80.9 Å². The molecule has 3 rings (SSSR count). The molecule has 1 aromatic heterocycles. The standard InChI is InChI=1S/C13H17ClN4O/c14-10-6-11(18-13(17-10)7-4-5-7)16-9-3-1-2-8(9)12(15)19/h6-9H,1-5H2,(H2,15,19)(H,16,17,18). The van der Waals surface area contributed by atoms with Gasteiger partial charge < -0.3 is 11.1 Å². The lowest BCUT2D eigenvalue weighted by Crippen LogP contribution is -2.34. The molecule has 2 aliphatic rings. The number of nitrogens with zero attached hydrogens (tertiary/aromatic N) is 2. The Labute approximate surface area is 116 Å². The molecule has 6 heteroatoms. The summed E-state index contributed by atoms with van der Waals surface area (Å²) in [6.07, 6.45) is 5.06. The molecule has 0 saturated heterocycles. The van der Waals surface area contributed by atoms with Crippen LogP contribution in [-0.4, -0.2) is 21.9 Å². The zero-order valence-corrected chi connectivity index (χ0v) is 11.4. The van der Waals surface area contributed by atoms with Gasteiger partial charge >= 0.3 is 0 Å². The van der Waals surface area contributed by atoms with Gasteiger partial charge in [-0.15, -0.1) is 0 Å². The number of nitrogens with one attached hydrogen (secondary N) is 1. The summed E-state index contributed by atoms with van der Waals surface area (Å²) in [4.78, 5) is 20.1. The molecule has 1 aromatic rings. The number of hydrogen-bond acceptors (Lipinski definition) is 4. The predicted octanol–water partition coefficient (Wildman–Crippen LogP) is 2.07. The van der Waals surface area contributed by atoms with E-state index in [1.807, 2.05) is 0 Å². The van der Waals surface area contributed by atoms with E-state index < -0.39 is 0 Å². The number of carbonyl (C=O) groups excluding carboxylic acids is 1. The molecule has 0 aliphatic heterocycles. The molecule has 2 saturated carbocycles. The van der Waals surface area contributed by atoms with Crippen LogP contribution in [0.25, 0.3) is 0 Å². The number of halogens is 1. The molecule has 19 heavy (non-hydrogen) atoms. The van der Waals surface area contributed by atoms with Crippen molar-refractivity contribution in [1.82, 2.24) is 9.97 Å². The third-order valence-corrected chi connectivity index (χ3v) is 4.06. The molecule has 2 fully saturated rings. The number of hydrogen-bond donors (Lipinski definition) is 2. The molecule has 2 unspecified atom stereocenters. The summed E-state index contributed by atoms with van der Waals surface area (Å²) in [6, 6.07) is 1.78. The van der Waals surface area contributed by atoms with Crippen molar-refractivity contribution in [3.63, 3.8) is 0 Å². The Morgan fingerprint density at radius 1 is 1.32 bits per heavy atom. The minimum absolute atomic E-state index is 0.0653. The lowest BCUT2D eigenvalue weighted by atomic mass is 10.0. The number of primary amides is 1. The van der Waals surface area contributed by atoms with Crippen LogP contribution < -0.4 is 11.1 Å². The SMILES string of the molecule is NC(=O)C1CCCC1Nc1cc(Cl)nc(C2CC2)n1. The van der Waals surface area contributed by atoms with Gasteiger partial charge in [0.25, 0.3) is 0 Å². The van der Waals surface area contributed by atoms with E-state index in [0.29, 0.717) is 16.9 Å². The lowest BCUT2D eigenvalue weighted by Gasteiger charge is -2.19. The first kappa shape index (κ1) is 12.7. The lowest BCUT2D eigenvalue weighted by molar-refractivity contribution is -0.121. The second-order valence-corrected chi connectivity index (χ2v) is 5.79. The van der Waals surface area contributed by atoms with Crippen LogP contribution in [-0.2, 0) is 4.79 Å². The number of aromatic nitrogens is 2. The molecule has 2 atom stereocenters. The Hall–Kier alpha value is -1.36. The van der Waals surface area contributed by atoms with Crippen molar-refractivity contribution in [2.75, 3.05) is 5.32 Å². The quantitative estimate of drug-likeness (QED) is 0.828. The molecule has 5 nitrogen and oxygen atoms in total. The largest absolute Gasteiger partial charge is 0.369 e. The number of rotatable bonds is 4. The molecule has 3 N–H and O–H groups in total. The van der Waals surface area contributed by atoms with E-state index in [1.54, 1.807) is 6.07 Å². The Bertz CT molecular complexity index is 503. The number of amides is 1. The molecule has 0 bridgehead atoms. The number of nitrogens with two attached hydrogens (primary N) is 1. The zero-order chi connectivity index (χ0) is 13.4. The molecule has 102 valence electrons. The second kappa shape index (κ2) is 4.96. The van der Waals surface area contributed by atoms with Crippen molar-refractivity contribution in [3.05, 3.63) is 17.0 Å². The van der Waals surface area contributed by atoms with Crippen molar-refractivity contribution in [2.45, 2.75) is 44.1 Å². The maximum atomic E-state index is 11.4. The van der Waals surface area contributed by atoms with Gasteiger partial charge in [0.15, 0.2) is 0 Å². The monoisotopic (exact) mass is 280 g/mol. The highest BCUT2D eigenvalue weighted by molar-refractivity contribution is 6.29. The van der Waals surface area contributed by atoms with Gasteiger partial charge in [0.2, 0.25) is 5.91 Å². The third kappa shape index (κ3) is 2.81. The number of carbonyl (C=O) groups is 1. The maximum absolute atomic E-state index is 11.4. The van der Waals surface area contributed by atoms with Gasteiger partial charge in [-0.2, -0.15) is 0 Å². The van der Waals surface area contributed by atoms with E-state index in [0.717, 1.165) is 37.9 Å². The highest BCUT2D eigenvalue weighted by Crippen LogP contribution is 2.39. The minimum atomic E-state index is -0.238. The van der Waals surface area contributed by atoms with E-state index in [2.05, 4.69) is 15.3 Å². The summed E-state index contributed by atoms with van der Waals surface area (Å²) in [5.41, 5.74) is 5.42. The average Bonchev–Trinajstić information content (AvgIpc) is 3.09. The first-order valence-corrected chi connectivity index (χ1v) is 7.11. The Morgan fingerprint density at radius 3 is 2.79 bits per heavy atom. The molecular formula is C13H17ClN4O. The van der Waals surface area contributed by atoms with Crippen LogP contribution in [0, 0.1) is 5.92 Å². The first-order valence-electron chi connectivity index (χ1n) is 6.74. The Balaban J connectivity index is 1.77. The molecule has 0 spiro atoms. The highest BCUT2D eigenvalue weighted by atomic mass is 35.5.